The van der Waals surface area contributed by atoms with E-state index in [0.717, 1.165) is 11.1 Å². The van der Waals surface area contributed by atoms with Gasteiger partial charge in [0.25, 0.3) is 0 Å². The Morgan fingerprint density at radius 3 is 2.26 bits per heavy atom. The Bertz CT molecular complexity index is 1290. The number of fused-ring (bicyclic) bond motifs is 7. The Labute approximate surface area is 203 Å². The van der Waals surface area contributed by atoms with Crippen LogP contribution in [0.4, 0.5) is 0 Å². The highest BCUT2D eigenvalue weighted by atomic mass is 16.5. The number of rotatable bonds is 4. The number of phenolic OH excluding ortho intramolecular Hbond substituents is 2. The summed E-state index contributed by atoms with van der Waals surface area (Å²) < 4.78 is 16.7. The van der Waals surface area contributed by atoms with E-state index >= 15 is 0 Å². The van der Waals surface area contributed by atoms with Crippen molar-refractivity contribution in [3.63, 3.8) is 0 Å². The molecule has 3 atom stereocenters. The van der Waals surface area contributed by atoms with Crippen LogP contribution in [0, 0.1) is 13.8 Å². The molecule has 1 unspecified atom stereocenters. The molecule has 2 bridgehead atoms. The molecule has 9 nitrogen and oxygen atoms in total. The number of carbonyl (C=O) groups is 1. The SMILES string of the molecule is COc1c(C)cc2c(c1O)[C@@H]1C3=Cc4c(O)c(C)c(OC)c(OC)c4[C@H](CO)N3C(=O)C(C2)N1C. The highest BCUT2D eigenvalue weighted by molar-refractivity contribution is 5.91. The van der Waals surface area contributed by atoms with Gasteiger partial charge >= 0.3 is 0 Å². The second-order valence-electron chi connectivity index (χ2n) is 9.28. The van der Waals surface area contributed by atoms with Crippen molar-refractivity contribution in [1.29, 1.82) is 0 Å². The lowest BCUT2D eigenvalue weighted by atomic mass is 9.78. The number of aliphatic hydroxyl groups is 1. The van der Waals surface area contributed by atoms with Crippen LogP contribution < -0.4 is 14.2 Å². The standard InChI is InChI=1S/C26H30N2O7/c1-11-7-13-8-16-26(32)28-15(20(27(16)3)18(13)22(31)23(11)33-4)9-14-19(17(28)10-29)25(35-6)24(34-5)12(2)21(14)30/h7,9,16-17,20,29-31H,8,10H2,1-6H3/t16?,17-,20-/m0/s1. The normalized spacial score (nSPS) is 22.7. The summed E-state index contributed by atoms with van der Waals surface area (Å²) in [5.74, 6) is 0.960. The van der Waals surface area contributed by atoms with Gasteiger partial charge in [0.1, 0.15) is 5.75 Å². The van der Waals surface area contributed by atoms with Gasteiger partial charge in [0.2, 0.25) is 5.91 Å². The summed E-state index contributed by atoms with van der Waals surface area (Å²) in [6.07, 6.45) is 2.16. The minimum Gasteiger partial charge on any atom is -0.507 e. The van der Waals surface area contributed by atoms with E-state index in [2.05, 4.69) is 0 Å². The Morgan fingerprint density at radius 1 is 1.00 bits per heavy atom. The topological polar surface area (TPSA) is 112 Å². The van der Waals surface area contributed by atoms with Gasteiger partial charge in [0, 0.05) is 28.0 Å². The predicted octanol–water partition coefficient (Wildman–Crippen LogP) is 2.57. The molecule has 1 fully saturated rings. The molecule has 3 heterocycles. The van der Waals surface area contributed by atoms with Crippen LogP contribution in [0.25, 0.3) is 6.08 Å². The maximum atomic E-state index is 13.9. The molecular weight excluding hydrogens is 452 g/mol. The van der Waals surface area contributed by atoms with Crippen molar-refractivity contribution < 1.29 is 34.3 Å². The number of carbonyl (C=O) groups excluding carboxylic acids is 1. The van der Waals surface area contributed by atoms with Crippen LogP contribution in [-0.2, 0) is 11.2 Å². The van der Waals surface area contributed by atoms with Crippen molar-refractivity contribution >= 4 is 12.0 Å². The number of nitrogens with zero attached hydrogens (tertiary/aromatic N) is 2. The van der Waals surface area contributed by atoms with Crippen molar-refractivity contribution in [2.24, 2.45) is 0 Å². The van der Waals surface area contributed by atoms with Gasteiger partial charge in [-0.25, -0.2) is 0 Å². The molecule has 1 amide bonds. The summed E-state index contributed by atoms with van der Waals surface area (Å²) >= 11 is 0. The van der Waals surface area contributed by atoms with Gasteiger partial charge in [-0.05, 0) is 44.5 Å². The zero-order valence-corrected chi connectivity index (χ0v) is 20.7. The first-order valence-electron chi connectivity index (χ1n) is 11.5. The lowest BCUT2D eigenvalue weighted by molar-refractivity contribution is -0.144. The van der Waals surface area contributed by atoms with E-state index in [1.165, 1.54) is 21.3 Å². The number of hydrogen-bond acceptors (Lipinski definition) is 8. The molecule has 0 aliphatic carbocycles. The zero-order chi connectivity index (χ0) is 25.3. The third-order valence-electron chi connectivity index (χ3n) is 7.65. The molecule has 1 saturated heterocycles. The number of aromatic hydroxyl groups is 2. The maximum absolute atomic E-state index is 13.9. The zero-order valence-electron chi connectivity index (χ0n) is 20.7. The number of piperazine rings is 1. The van der Waals surface area contributed by atoms with E-state index < -0.39 is 24.7 Å². The average molecular weight is 483 g/mol. The van der Waals surface area contributed by atoms with Crippen molar-refractivity contribution in [2.75, 3.05) is 35.0 Å². The fraction of sp³-hybridized carbons (Fsp3) is 0.423. The second kappa shape index (κ2) is 8.07. The lowest BCUT2D eigenvalue weighted by Crippen LogP contribution is -2.60. The lowest BCUT2D eigenvalue weighted by Gasteiger charge is -2.53. The summed E-state index contributed by atoms with van der Waals surface area (Å²) in [7, 11) is 6.34. The number of aliphatic hydroxyl groups excluding tert-OH is 1. The van der Waals surface area contributed by atoms with E-state index in [9.17, 15) is 20.1 Å². The van der Waals surface area contributed by atoms with Crippen LogP contribution in [0.1, 0.15) is 45.5 Å². The molecule has 0 aromatic heterocycles. The van der Waals surface area contributed by atoms with Gasteiger partial charge in [0.05, 0.1) is 46.1 Å². The molecule has 0 radical (unpaired) electrons. The molecule has 2 aromatic rings. The number of methoxy groups -OCH3 is 3. The quantitative estimate of drug-likeness (QED) is 0.610. The van der Waals surface area contributed by atoms with Crippen LogP contribution in [0.15, 0.2) is 11.8 Å². The van der Waals surface area contributed by atoms with Crippen molar-refractivity contribution in [1.82, 2.24) is 9.80 Å². The van der Waals surface area contributed by atoms with E-state index in [-0.39, 0.29) is 17.4 Å². The van der Waals surface area contributed by atoms with E-state index in [1.54, 1.807) is 17.9 Å². The summed E-state index contributed by atoms with van der Waals surface area (Å²) in [5, 5.41) is 33.0. The average Bonchev–Trinajstić information content (AvgIpc) is 2.83. The van der Waals surface area contributed by atoms with Crippen LogP contribution in [0.3, 0.4) is 0 Å². The molecule has 0 saturated carbocycles. The maximum Gasteiger partial charge on any atom is 0.245 e. The molecule has 186 valence electrons. The number of hydrogen-bond donors (Lipinski definition) is 3. The van der Waals surface area contributed by atoms with Gasteiger partial charge in [-0.1, -0.05) is 6.07 Å². The molecule has 9 heteroatoms. The van der Waals surface area contributed by atoms with Crippen LogP contribution >= 0.6 is 0 Å². The molecule has 3 aliphatic rings. The molecular formula is C26H30N2O7. The van der Waals surface area contributed by atoms with Crippen LogP contribution in [0.2, 0.25) is 0 Å². The first kappa shape index (κ1) is 23.3. The van der Waals surface area contributed by atoms with Crippen LogP contribution in [-0.4, -0.2) is 72.1 Å². The van der Waals surface area contributed by atoms with Gasteiger partial charge < -0.3 is 34.4 Å². The highest BCUT2D eigenvalue weighted by Gasteiger charge is 2.52. The molecule has 3 N–H and O–H groups in total. The summed E-state index contributed by atoms with van der Waals surface area (Å²) in [6, 6.07) is 0.174. The van der Waals surface area contributed by atoms with E-state index in [0.29, 0.717) is 51.6 Å². The third kappa shape index (κ3) is 2.91. The minimum atomic E-state index is -0.803. The second-order valence-corrected chi connectivity index (χ2v) is 9.28. The number of likely N-dealkylation sites (N-methyl/N-ethyl adjacent to an activating group) is 1. The first-order valence-corrected chi connectivity index (χ1v) is 11.5. The Morgan fingerprint density at radius 2 is 1.66 bits per heavy atom. The van der Waals surface area contributed by atoms with Crippen molar-refractivity contribution in [3.05, 3.63) is 45.1 Å². The summed E-state index contributed by atoms with van der Waals surface area (Å²) in [4.78, 5) is 17.4. The largest absolute Gasteiger partial charge is 0.507 e. The smallest absolute Gasteiger partial charge is 0.245 e. The first-order chi connectivity index (χ1) is 16.7. The molecule has 5 rings (SSSR count). The predicted molar refractivity (Wildman–Crippen MR) is 128 cm³/mol. The molecule has 0 spiro atoms. The van der Waals surface area contributed by atoms with Gasteiger partial charge in [-0.15, -0.1) is 0 Å². The van der Waals surface area contributed by atoms with Gasteiger partial charge in [-0.3, -0.25) is 9.69 Å². The monoisotopic (exact) mass is 482 g/mol. The van der Waals surface area contributed by atoms with Crippen molar-refractivity contribution in [2.45, 2.75) is 38.4 Å². The Balaban J connectivity index is 1.85. The number of phenols is 2. The highest BCUT2D eigenvalue weighted by Crippen LogP contribution is 2.57. The van der Waals surface area contributed by atoms with Crippen LogP contribution in [0.5, 0.6) is 28.7 Å². The fourth-order valence-corrected chi connectivity index (χ4v) is 6.08. The summed E-state index contributed by atoms with van der Waals surface area (Å²) in [6.45, 7) is 3.19. The number of amides is 1. The molecule has 3 aliphatic heterocycles. The van der Waals surface area contributed by atoms with Gasteiger partial charge in [-0.2, -0.15) is 0 Å². The third-order valence-corrected chi connectivity index (χ3v) is 7.65. The Kier molecular flexibility index (Phi) is 5.37. The van der Waals surface area contributed by atoms with E-state index in [1.807, 2.05) is 24.9 Å². The summed E-state index contributed by atoms with van der Waals surface area (Å²) in [5.41, 5.74) is 4.31. The number of ether oxygens (including phenoxy) is 3. The Hall–Kier alpha value is -3.43. The fourth-order valence-electron chi connectivity index (χ4n) is 6.08. The van der Waals surface area contributed by atoms with Crippen molar-refractivity contribution in [3.8, 4) is 28.7 Å². The number of aryl methyl sites for hydroxylation is 1. The number of benzene rings is 2. The molecule has 35 heavy (non-hydrogen) atoms. The molecule has 2 aromatic carbocycles. The minimum absolute atomic E-state index is 0.0118. The van der Waals surface area contributed by atoms with E-state index in [4.69, 9.17) is 14.2 Å². The van der Waals surface area contributed by atoms with Gasteiger partial charge in [0.15, 0.2) is 23.0 Å².